The number of benzene rings is 2. The summed E-state index contributed by atoms with van der Waals surface area (Å²) in [4.78, 5) is 13.8. The van der Waals surface area contributed by atoms with Crippen molar-refractivity contribution in [3.63, 3.8) is 0 Å². The molecule has 0 atom stereocenters. The van der Waals surface area contributed by atoms with Crippen LogP contribution >= 0.6 is 0 Å². The first-order valence-corrected chi connectivity index (χ1v) is 8.71. The number of amides is 1. The first kappa shape index (κ1) is 16.5. The molecule has 0 unspecified atom stereocenters. The number of nitrogens with one attached hydrogen (secondary N) is 2. The summed E-state index contributed by atoms with van der Waals surface area (Å²) in [5.74, 6) is 0.0530. The molecule has 3 aromatic rings. The lowest BCUT2D eigenvalue weighted by molar-refractivity contribution is -0.895. The summed E-state index contributed by atoms with van der Waals surface area (Å²) in [6, 6.07) is 12.2. The number of quaternary nitrogens is 1. The topological polar surface area (TPSA) is 46.7 Å². The number of likely N-dealkylation sites (N-methyl/N-ethyl adjacent to an activating group) is 1. The van der Waals surface area contributed by atoms with Crippen LogP contribution in [0.1, 0.15) is 19.4 Å². The number of carbonyl (C=O) groups is 1. The third-order valence-corrected chi connectivity index (χ3v) is 4.69. The van der Waals surface area contributed by atoms with Crippen LogP contribution in [0, 0.1) is 0 Å². The van der Waals surface area contributed by atoms with Gasteiger partial charge in [-0.1, -0.05) is 30.3 Å². The number of hydrogen-bond acceptors (Lipinski definition) is 2. The summed E-state index contributed by atoms with van der Waals surface area (Å²) in [5.41, 5.74) is 1.79. The van der Waals surface area contributed by atoms with Crippen molar-refractivity contribution >= 4 is 27.6 Å². The molecule has 2 N–H and O–H groups in total. The van der Waals surface area contributed by atoms with Gasteiger partial charge in [0, 0.05) is 10.9 Å². The van der Waals surface area contributed by atoms with E-state index in [1.807, 2.05) is 18.2 Å². The fourth-order valence-electron chi connectivity index (χ4n) is 3.22. The zero-order chi connectivity index (χ0) is 16.9. The molecule has 0 aliphatic rings. The second-order valence-electron chi connectivity index (χ2n) is 6.15. The van der Waals surface area contributed by atoms with E-state index in [1.165, 1.54) is 4.90 Å². The van der Waals surface area contributed by atoms with E-state index in [2.05, 4.69) is 37.4 Å². The minimum absolute atomic E-state index is 0.0530. The molecule has 1 heterocycles. The fourth-order valence-corrected chi connectivity index (χ4v) is 3.22. The maximum absolute atomic E-state index is 12.3. The van der Waals surface area contributed by atoms with E-state index in [0.29, 0.717) is 13.0 Å². The molecule has 4 nitrogen and oxygen atoms in total. The fraction of sp³-hybridized carbons (Fsp3) is 0.350. The normalized spacial score (nSPS) is 11.5. The molecule has 126 valence electrons. The van der Waals surface area contributed by atoms with Crippen molar-refractivity contribution in [1.29, 1.82) is 0 Å². The van der Waals surface area contributed by atoms with Gasteiger partial charge in [0.25, 0.3) is 0 Å². The Morgan fingerprint density at radius 3 is 2.71 bits per heavy atom. The Kier molecular flexibility index (Phi) is 5.16. The average molecular weight is 325 g/mol. The van der Waals surface area contributed by atoms with Crippen LogP contribution in [0.2, 0.25) is 0 Å². The van der Waals surface area contributed by atoms with Gasteiger partial charge in [0.1, 0.15) is 5.58 Å². The highest BCUT2D eigenvalue weighted by molar-refractivity contribution is 6.08. The number of carbonyl (C=O) groups excluding carboxylic acids is 1. The zero-order valence-electron chi connectivity index (χ0n) is 14.4. The summed E-state index contributed by atoms with van der Waals surface area (Å²) in [7, 11) is 0. The second kappa shape index (κ2) is 7.49. The summed E-state index contributed by atoms with van der Waals surface area (Å²) in [6.45, 7) is 8.20. The molecular weight excluding hydrogens is 300 g/mol. The van der Waals surface area contributed by atoms with E-state index in [4.69, 9.17) is 4.42 Å². The van der Waals surface area contributed by atoms with Gasteiger partial charge in [-0.3, -0.25) is 4.79 Å². The Hall–Kier alpha value is -2.33. The van der Waals surface area contributed by atoms with Crippen molar-refractivity contribution in [2.75, 3.05) is 26.2 Å². The van der Waals surface area contributed by atoms with Crippen LogP contribution in [0.4, 0.5) is 0 Å². The number of furan rings is 1. The van der Waals surface area contributed by atoms with Crippen LogP contribution in [-0.2, 0) is 11.2 Å². The maximum Gasteiger partial charge on any atom is 0.224 e. The predicted molar refractivity (Wildman–Crippen MR) is 97.3 cm³/mol. The van der Waals surface area contributed by atoms with E-state index in [-0.39, 0.29) is 5.91 Å². The van der Waals surface area contributed by atoms with E-state index in [1.54, 1.807) is 6.26 Å². The maximum atomic E-state index is 12.3. The van der Waals surface area contributed by atoms with Gasteiger partial charge in [0.15, 0.2) is 0 Å². The Labute approximate surface area is 142 Å². The zero-order valence-corrected chi connectivity index (χ0v) is 14.4. The van der Waals surface area contributed by atoms with Crippen LogP contribution in [0.5, 0.6) is 0 Å². The van der Waals surface area contributed by atoms with Crippen LogP contribution in [-0.4, -0.2) is 32.1 Å². The lowest BCUT2D eigenvalue weighted by atomic mass is 10.0. The number of hydrogen-bond donors (Lipinski definition) is 2. The molecule has 0 saturated carbocycles. The van der Waals surface area contributed by atoms with Crippen molar-refractivity contribution in [1.82, 2.24) is 5.32 Å². The SMILES string of the molecule is CC[NH+](CC)CCNC(=O)Cc1coc2ccc3ccccc3c12. The predicted octanol–water partition coefficient (Wildman–Crippen LogP) is 2.17. The molecule has 3 rings (SSSR count). The highest BCUT2D eigenvalue weighted by Crippen LogP contribution is 2.29. The standard InChI is InChI=1S/C20H24N2O2/c1-3-22(4-2)12-11-21-19(23)13-16-14-24-18-10-9-15-7-5-6-8-17(15)20(16)18/h5-10,14H,3-4,11-13H2,1-2H3,(H,21,23)/p+1. The van der Waals surface area contributed by atoms with Crippen molar-refractivity contribution < 1.29 is 14.1 Å². The van der Waals surface area contributed by atoms with Crippen molar-refractivity contribution in [2.24, 2.45) is 0 Å². The van der Waals surface area contributed by atoms with Crippen LogP contribution in [0.25, 0.3) is 21.7 Å². The molecule has 0 fully saturated rings. The van der Waals surface area contributed by atoms with E-state index < -0.39 is 0 Å². The number of rotatable bonds is 7. The average Bonchev–Trinajstić information content (AvgIpc) is 3.02. The van der Waals surface area contributed by atoms with E-state index in [0.717, 1.165) is 46.9 Å². The lowest BCUT2D eigenvalue weighted by Crippen LogP contribution is -3.12. The van der Waals surface area contributed by atoms with Crippen molar-refractivity contribution in [3.8, 4) is 0 Å². The van der Waals surface area contributed by atoms with E-state index in [9.17, 15) is 4.79 Å². The van der Waals surface area contributed by atoms with Gasteiger partial charge in [-0.15, -0.1) is 0 Å². The van der Waals surface area contributed by atoms with Crippen LogP contribution in [0.15, 0.2) is 47.1 Å². The summed E-state index contributed by atoms with van der Waals surface area (Å²) in [5, 5.41) is 6.39. The van der Waals surface area contributed by atoms with Crippen molar-refractivity contribution in [2.45, 2.75) is 20.3 Å². The second-order valence-corrected chi connectivity index (χ2v) is 6.15. The molecular formula is C20H25N2O2+. The highest BCUT2D eigenvalue weighted by Gasteiger charge is 2.13. The highest BCUT2D eigenvalue weighted by atomic mass is 16.3. The summed E-state index contributed by atoms with van der Waals surface area (Å²) >= 11 is 0. The molecule has 24 heavy (non-hydrogen) atoms. The molecule has 2 aromatic carbocycles. The molecule has 0 radical (unpaired) electrons. The van der Waals surface area contributed by atoms with Crippen LogP contribution in [0.3, 0.4) is 0 Å². The Balaban J connectivity index is 1.73. The van der Waals surface area contributed by atoms with Gasteiger partial charge in [0.2, 0.25) is 5.91 Å². The molecule has 0 bridgehead atoms. The van der Waals surface area contributed by atoms with Gasteiger partial charge in [-0.25, -0.2) is 0 Å². The third-order valence-electron chi connectivity index (χ3n) is 4.69. The van der Waals surface area contributed by atoms with Crippen molar-refractivity contribution in [3.05, 3.63) is 48.2 Å². The lowest BCUT2D eigenvalue weighted by Gasteiger charge is -2.15. The minimum Gasteiger partial charge on any atom is -0.464 e. The largest absolute Gasteiger partial charge is 0.464 e. The van der Waals surface area contributed by atoms with Gasteiger partial charge in [0.05, 0.1) is 38.9 Å². The Bertz CT molecular complexity index is 834. The third kappa shape index (κ3) is 3.44. The molecule has 0 aliphatic carbocycles. The molecule has 0 aliphatic heterocycles. The first-order valence-electron chi connectivity index (χ1n) is 8.71. The molecule has 0 saturated heterocycles. The van der Waals surface area contributed by atoms with Crippen LogP contribution < -0.4 is 10.2 Å². The molecule has 0 spiro atoms. The minimum atomic E-state index is 0.0530. The van der Waals surface area contributed by atoms with Gasteiger partial charge >= 0.3 is 0 Å². The smallest absolute Gasteiger partial charge is 0.224 e. The number of fused-ring (bicyclic) bond motifs is 3. The summed E-state index contributed by atoms with van der Waals surface area (Å²) < 4.78 is 5.65. The van der Waals surface area contributed by atoms with E-state index >= 15 is 0 Å². The molecule has 4 heteroatoms. The molecule has 1 aromatic heterocycles. The Morgan fingerprint density at radius 1 is 1.12 bits per heavy atom. The van der Waals surface area contributed by atoms with Gasteiger partial charge in [-0.05, 0) is 30.7 Å². The summed E-state index contributed by atoms with van der Waals surface area (Å²) in [6.07, 6.45) is 2.07. The van der Waals surface area contributed by atoms with Gasteiger partial charge in [-0.2, -0.15) is 0 Å². The molecule has 1 amide bonds. The first-order chi connectivity index (χ1) is 11.7. The van der Waals surface area contributed by atoms with Gasteiger partial charge < -0.3 is 14.6 Å². The quantitative estimate of drug-likeness (QED) is 0.699. The monoisotopic (exact) mass is 325 g/mol. The Morgan fingerprint density at radius 2 is 1.92 bits per heavy atom.